The van der Waals surface area contributed by atoms with E-state index in [1.165, 1.54) is 51.4 Å². The van der Waals surface area contributed by atoms with E-state index < -0.39 is 17.5 Å². The largest absolute Gasteiger partial charge is 0.204 e. The summed E-state index contributed by atoms with van der Waals surface area (Å²) in [4.78, 5) is 0. The topological polar surface area (TPSA) is 0 Å². The fraction of sp³-hybridized carbons (Fsp3) is 0.700. The van der Waals surface area contributed by atoms with Gasteiger partial charge in [0.05, 0.1) is 0 Å². The lowest BCUT2D eigenvalue weighted by Crippen LogP contribution is -2.26. The fourth-order valence-corrected chi connectivity index (χ4v) is 5.34. The monoisotopic (exact) mass is 450 g/mol. The molecule has 0 bridgehead atoms. The molecule has 2 aliphatic carbocycles. The molecule has 3 rings (SSSR count). The molecule has 0 amide bonds. The maximum absolute atomic E-state index is 13.3. The fourth-order valence-electron chi connectivity index (χ4n) is 4.62. The number of alkyl halides is 1. The highest BCUT2D eigenvalue weighted by atomic mass is 127. The van der Waals surface area contributed by atoms with Gasteiger partial charge in [-0.05, 0) is 86.8 Å². The van der Waals surface area contributed by atoms with E-state index in [4.69, 9.17) is 0 Å². The third-order valence-electron chi connectivity index (χ3n) is 6.14. The molecule has 2 fully saturated rings. The molecule has 134 valence electrons. The quantitative estimate of drug-likeness (QED) is 0.268. The minimum absolute atomic E-state index is 0.578. The minimum atomic E-state index is -1.36. The Balaban J connectivity index is 1.44. The number of halogens is 4. The molecule has 0 unspecified atom stereocenters. The van der Waals surface area contributed by atoms with Gasteiger partial charge in [0.15, 0.2) is 17.5 Å². The van der Waals surface area contributed by atoms with E-state index >= 15 is 0 Å². The summed E-state index contributed by atoms with van der Waals surface area (Å²) in [5, 5.41) is 0. The summed E-state index contributed by atoms with van der Waals surface area (Å²) >= 11 is 2.59. The lowest BCUT2D eigenvalue weighted by molar-refractivity contribution is 0.166. The Morgan fingerprint density at radius 1 is 0.792 bits per heavy atom. The number of hydrogen-bond acceptors (Lipinski definition) is 0. The summed E-state index contributed by atoms with van der Waals surface area (Å²) in [7, 11) is 0. The lowest BCUT2D eigenvalue weighted by Gasteiger charge is -2.37. The van der Waals surface area contributed by atoms with Crippen molar-refractivity contribution < 1.29 is 13.2 Å². The van der Waals surface area contributed by atoms with E-state index in [1.807, 2.05) is 0 Å². The van der Waals surface area contributed by atoms with Crippen LogP contribution in [-0.2, 0) is 6.42 Å². The van der Waals surface area contributed by atoms with Crippen LogP contribution in [0.25, 0.3) is 0 Å². The zero-order valence-electron chi connectivity index (χ0n) is 14.0. The first kappa shape index (κ1) is 18.5. The molecule has 2 saturated carbocycles. The second-order valence-electron chi connectivity index (χ2n) is 7.70. The maximum atomic E-state index is 13.3. The van der Waals surface area contributed by atoms with E-state index in [0.717, 1.165) is 34.3 Å². The van der Waals surface area contributed by atoms with Gasteiger partial charge in [0.25, 0.3) is 0 Å². The van der Waals surface area contributed by atoms with Gasteiger partial charge in [-0.3, -0.25) is 0 Å². The maximum Gasteiger partial charge on any atom is 0.194 e. The Labute approximate surface area is 156 Å². The average molecular weight is 450 g/mol. The summed E-state index contributed by atoms with van der Waals surface area (Å²) in [6, 6.07) is 2.29. The second-order valence-corrected chi connectivity index (χ2v) is 9.47. The number of rotatable bonds is 4. The van der Waals surface area contributed by atoms with E-state index in [2.05, 4.69) is 22.6 Å². The van der Waals surface area contributed by atoms with Crippen molar-refractivity contribution in [3.63, 3.8) is 0 Å². The first-order valence-corrected chi connectivity index (χ1v) is 10.5. The zero-order chi connectivity index (χ0) is 17.1. The molecule has 0 aliphatic heterocycles. The molecule has 4 heteroatoms. The van der Waals surface area contributed by atoms with E-state index in [0.29, 0.717) is 17.9 Å². The average Bonchev–Trinajstić information content (AvgIpc) is 2.59. The van der Waals surface area contributed by atoms with Gasteiger partial charge >= 0.3 is 0 Å². The Hall–Kier alpha value is -0.260. The number of aryl methyl sites for hydroxylation is 1. The predicted octanol–water partition coefficient (Wildman–Crippen LogP) is 6.84. The lowest BCUT2D eigenvalue weighted by atomic mass is 9.70. The first-order valence-electron chi connectivity index (χ1n) is 9.30. The van der Waals surface area contributed by atoms with Gasteiger partial charge < -0.3 is 0 Å². The van der Waals surface area contributed by atoms with Gasteiger partial charge in [-0.15, -0.1) is 0 Å². The highest BCUT2D eigenvalue weighted by Crippen LogP contribution is 2.42. The normalized spacial score (nSPS) is 31.2. The van der Waals surface area contributed by atoms with Crippen LogP contribution in [0, 0.1) is 35.2 Å². The molecule has 0 nitrogen and oxygen atoms in total. The molecule has 0 atom stereocenters. The third kappa shape index (κ3) is 4.67. The summed E-state index contributed by atoms with van der Waals surface area (Å²) in [5.74, 6) is -1.03. The summed E-state index contributed by atoms with van der Waals surface area (Å²) < 4.78 is 40.4. The molecular weight excluding hydrogens is 424 g/mol. The van der Waals surface area contributed by atoms with Crippen LogP contribution in [0.3, 0.4) is 0 Å². The Kier molecular flexibility index (Phi) is 6.50. The summed E-state index contributed by atoms with van der Waals surface area (Å²) in [6.45, 7) is 0. The molecule has 0 spiro atoms. The number of benzene rings is 1. The van der Waals surface area contributed by atoms with Crippen LogP contribution in [-0.4, -0.2) is 3.92 Å². The first-order chi connectivity index (χ1) is 11.5. The number of hydrogen-bond donors (Lipinski definition) is 0. The molecule has 0 radical (unpaired) electrons. The van der Waals surface area contributed by atoms with E-state index in [-0.39, 0.29) is 0 Å². The van der Waals surface area contributed by atoms with Crippen molar-refractivity contribution in [2.45, 2.75) is 68.1 Å². The van der Waals surface area contributed by atoms with Crippen molar-refractivity contribution >= 4 is 22.6 Å². The smallest absolute Gasteiger partial charge is 0.194 e. The molecule has 0 N–H and O–H groups in total. The highest BCUT2D eigenvalue weighted by Gasteiger charge is 2.30. The third-order valence-corrected chi connectivity index (χ3v) is 7.39. The van der Waals surface area contributed by atoms with Gasteiger partial charge in [-0.25, -0.2) is 13.2 Å². The summed E-state index contributed by atoms with van der Waals surface area (Å²) in [6.07, 6.45) is 12.3. The van der Waals surface area contributed by atoms with Crippen LogP contribution in [0.15, 0.2) is 12.1 Å². The Morgan fingerprint density at radius 3 is 1.83 bits per heavy atom. The van der Waals surface area contributed by atoms with Crippen molar-refractivity contribution in [1.82, 2.24) is 0 Å². The van der Waals surface area contributed by atoms with E-state index in [1.54, 1.807) is 0 Å². The zero-order valence-corrected chi connectivity index (χ0v) is 16.2. The molecular formula is C20H26F3I. The van der Waals surface area contributed by atoms with Crippen molar-refractivity contribution in [2.24, 2.45) is 17.8 Å². The molecule has 0 heterocycles. The van der Waals surface area contributed by atoms with Gasteiger partial charge in [0, 0.05) is 3.92 Å². The van der Waals surface area contributed by atoms with Gasteiger partial charge in [-0.2, -0.15) is 0 Å². The van der Waals surface area contributed by atoms with Crippen molar-refractivity contribution in [3.05, 3.63) is 35.1 Å². The second kappa shape index (κ2) is 8.41. The Morgan fingerprint density at radius 2 is 1.29 bits per heavy atom. The summed E-state index contributed by atoms with van der Waals surface area (Å²) in [5.41, 5.74) is 0.578. The van der Waals surface area contributed by atoms with Crippen LogP contribution < -0.4 is 0 Å². The molecule has 1 aromatic carbocycles. The van der Waals surface area contributed by atoms with Gasteiger partial charge in [-0.1, -0.05) is 35.4 Å². The Bertz CT molecular complexity index is 521. The highest BCUT2D eigenvalue weighted by molar-refractivity contribution is 14.1. The van der Waals surface area contributed by atoms with Crippen LogP contribution >= 0.6 is 22.6 Å². The van der Waals surface area contributed by atoms with Crippen molar-refractivity contribution in [1.29, 1.82) is 0 Å². The minimum Gasteiger partial charge on any atom is -0.204 e. The van der Waals surface area contributed by atoms with Gasteiger partial charge in [0.1, 0.15) is 0 Å². The van der Waals surface area contributed by atoms with Crippen molar-refractivity contribution in [2.75, 3.05) is 0 Å². The molecule has 24 heavy (non-hydrogen) atoms. The van der Waals surface area contributed by atoms with Crippen LogP contribution in [0.4, 0.5) is 13.2 Å². The van der Waals surface area contributed by atoms with Crippen LogP contribution in [0.1, 0.15) is 63.4 Å². The van der Waals surface area contributed by atoms with Crippen LogP contribution in [0.5, 0.6) is 0 Å². The molecule has 0 aromatic heterocycles. The van der Waals surface area contributed by atoms with Gasteiger partial charge in [0.2, 0.25) is 0 Å². The van der Waals surface area contributed by atoms with Crippen molar-refractivity contribution in [3.8, 4) is 0 Å². The standard InChI is InChI=1S/C20H26F3I/c21-18-11-14(12-19(22)20(18)23)2-1-13-3-5-15(6-4-13)16-7-9-17(24)10-8-16/h11-13,15-17H,1-10H2. The van der Waals surface area contributed by atoms with Crippen LogP contribution in [0.2, 0.25) is 0 Å². The molecule has 2 aliphatic rings. The SMILES string of the molecule is Fc1cc(CCC2CCC(C3CCC(I)CC3)CC2)cc(F)c1F. The van der Waals surface area contributed by atoms with E-state index in [9.17, 15) is 13.2 Å². The molecule has 1 aromatic rings. The predicted molar refractivity (Wildman–Crippen MR) is 99.9 cm³/mol. The molecule has 0 saturated heterocycles.